The van der Waals surface area contributed by atoms with Gasteiger partial charge in [-0.05, 0) is 25.5 Å². The summed E-state index contributed by atoms with van der Waals surface area (Å²) in [4.78, 5) is 28.5. The highest BCUT2D eigenvalue weighted by Crippen LogP contribution is 2.28. The average Bonchev–Trinajstić information content (AvgIpc) is 3.19. The van der Waals surface area contributed by atoms with E-state index in [1.165, 1.54) is 17.5 Å². The lowest BCUT2D eigenvalue weighted by Gasteiger charge is -2.28. The van der Waals surface area contributed by atoms with Gasteiger partial charge < -0.3 is 20.3 Å². The van der Waals surface area contributed by atoms with E-state index in [1.807, 2.05) is 32.0 Å². The molecule has 0 bridgehead atoms. The van der Waals surface area contributed by atoms with Gasteiger partial charge in [-0.2, -0.15) is 0 Å². The summed E-state index contributed by atoms with van der Waals surface area (Å²) >= 11 is 7.44. The molecule has 2 N–H and O–H groups in total. The number of halogens is 1. The number of para-hydroxylation sites is 1. The topological polar surface area (TPSA) is 92.3 Å². The Bertz CT molecular complexity index is 1050. The minimum absolute atomic E-state index is 0.260. The third kappa shape index (κ3) is 4.69. The van der Waals surface area contributed by atoms with Gasteiger partial charge in [-0.1, -0.05) is 35.1 Å². The summed E-state index contributed by atoms with van der Waals surface area (Å²) in [5.74, 6) is 1.87. The van der Waals surface area contributed by atoms with Crippen molar-refractivity contribution < 1.29 is 9.53 Å². The molecular formula is C20H21ClN6O2S. The molecule has 1 fully saturated rings. The molecule has 3 heterocycles. The second kappa shape index (κ2) is 8.95. The fraction of sp³-hybridized carbons (Fsp3) is 0.300. The Kier molecular flexibility index (Phi) is 6.12. The van der Waals surface area contributed by atoms with E-state index in [2.05, 4.69) is 30.5 Å². The average molecular weight is 445 g/mol. The Morgan fingerprint density at radius 1 is 1.23 bits per heavy atom. The van der Waals surface area contributed by atoms with E-state index >= 15 is 0 Å². The van der Waals surface area contributed by atoms with E-state index in [0.29, 0.717) is 45.6 Å². The SMILES string of the molecule is Cc1nc(Nc2ncc(C(=O)Nc3c(C)cccc3Cl)s2)cc(N2CCOCC2)n1. The highest BCUT2D eigenvalue weighted by molar-refractivity contribution is 7.17. The number of carbonyl (C=O) groups excluding carboxylic acids is 1. The number of hydrogen-bond donors (Lipinski definition) is 2. The van der Waals surface area contributed by atoms with Gasteiger partial charge in [0.15, 0.2) is 5.13 Å². The predicted molar refractivity (Wildman–Crippen MR) is 119 cm³/mol. The second-order valence-corrected chi connectivity index (χ2v) is 8.24. The van der Waals surface area contributed by atoms with Crippen molar-refractivity contribution in [2.75, 3.05) is 41.8 Å². The number of carbonyl (C=O) groups is 1. The van der Waals surface area contributed by atoms with E-state index in [9.17, 15) is 4.79 Å². The van der Waals surface area contributed by atoms with Crippen LogP contribution in [0.15, 0.2) is 30.5 Å². The first kappa shape index (κ1) is 20.5. The lowest BCUT2D eigenvalue weighted by molar-refractivity contribution is 0.103. The number of amides is 1. The molecule has 156 valence electrons. The number of morpholine rings is 1. The smallest absolute Gasteiger partial charge is 0.267 e. The Morgan fingerprint density at radius 3 is 2.80 bits per heavy atom. The molecule has 1 aliphatic rings. The van der Waals surface area contributed by atoms with Gasteiger partial charge in [0.2, 0.25) is 0 Å². The third-order valence-corrected chi connectivity index (χ3v) is 5.81. The molecule has 10 heteroatoms. The van der Waals surface area contributed by atoms with Crippen molar-refractivity contribution in [3.05, 3.63) is 51.7 Å². The summed E-state index contributed by atoms with van der Waals surface area (Å²) < 4.78 is 5.40. The Labute approximate surface area is 183 Å². The number of aromatic nitrogens is 3. The standard InChI is InChI=1S/C20H21ClN6O2S/c1-12-4-3-5-14(21)18(12)26-19(28)15-11-22-20(30-15)25-16-10-17(24-13(2)23-16)27-6-8-29-9-7-27/h3-5,10-11H,6-9H2,1-2H3,(H,26,28)(H,22,23,24,25). The molecule has 0 spiro atoms. The maximum Gasteiger partial charge on any atom is 0.267 e. The molecule has 2 aromatic heterocycles. The van der Waals surface area contributed by atoms with Crippen molar-refractivity contribution in [3.8, 4) is 0 Å². The van der Waals surface area contributed by atoms with Crippen LogP contribution in [0, 0.1) is 13.8 Å². The van der Waals surface area contributed by atoms with E-state index < -0.39 is 0 Å². The van der Waals surface area contributed by atoms with E-state index in [-0.39, 0.29) is 5.91 Å². The lowest BCUT2D eigenvalue weighted by atomic mass is 10.2. The Morgan fingerprint density at radius 2 is 2.03 bits per heavy atom. The van der Waals surface area contributed by atoms with Crippen LogP contribution >= 0.6 is 22.9 Å². The van der Waals surface area contributed by atoms with Crippen LogP contribution < -0.4 is 15.5 Å². The summed E-state index contributed by atoms with van der Waals surface area (Å²) in [6, 6.07) is 7.36. The van der Waals surface area contributed by atoms with Gasteiger partial charge in [-0.3, -0.25) is 4.79 Å². The quantitative estimate of drug-likeness (QED) is 0.613. The molecule has 8 nitrogen and oxygen atoms in total. The highest BCUT2D eigenvalue weighted by Gasteiger charge is 2.16. The number of hydrogen-bond acceptors (Lipinski definition) is 8. The van der Waals surface area contributed by atoms with E-state index in [1.54, 1.807) is 6.07 Å². The largest absolute Gasteiger partial charge is 0.378 e. The molecule has 0 radical (unpaired) electrons. The maximum atomic E-state index is 12.6. The van der Waals surface area contributed by atoms with Gasteiger partial charge in [0.25, 0.3) is 5.91 Å². The first-order valence-electron chi connectivity index (χ1n) is 9.47. The number of benzene rings is 1. The van der Waals surface area contributed by atoms with Crippen LogP contribution in [0.1, 0.15) is 21.1 Å². The molecule has 3 aromatic rings. The number of ether oxygens (including phenoxy) is 1. The monoisotopic (exact) mass is 444 g/mol. The molecule has 0 unspecified atom stereocenters. The van der Waals surface area contributed by atoms with Crippen molar-refractivity contribution in [2.45, 2.75) is 13.8 Å². The van der Waals surface area contributed by atoms with Crippen molar-refractivity contribution in [3.63, 3.8) is 0 Å². The molecule has 0 atom stereocenters. The molecule has 1 saturated heterocycles. The number of thiazole rings is 1. The molecule has 1 amide bonds. The van der Waals surface area contributed by atoms with Crippen LogP contribution in [0.2, 0.25) is 5.02 Å². The Balaban J connectivity index is 1.48. The van der Waals surface area contributed by atoms with Gasteiger partial charge in [-0.25, -0.2) is 15.0 Å². The van der Waals surface area contributed by atoms with Crippen LogP contribution in [0.3, 0.4) is 0 Å². The van der Waals surface area contributed by atoms with Gasteiger partial charge in [0, 0.05) is 19.2 Å². The number of aryl methyl sites for hydroxylation is 2. The third-order valence-electron chi connectivity index (χ3n) is 4.58. The molecule has 0 saturated carbocycles. The van der Waals surface area contributed by atoms with Crippen LogP contribution in [-0.2, 0) is 4.74 Å². The minimum Gasteiger partial charge on any atom is -0.378 e. The van der Waals surface area contributed by atoms with Gasteiger partial charge in [0.05, 0.1) is 30.1 Å². The van der Waals surface area contributed by atoms with Crippen LogP contribution in [0.5, 0.6) is 0 Å². The van der Waals surface area contributed by atoms with E-state index in [4.69, 9.17) is 16.3 Å². The first-order chi connectivity index (χ1) is 14.5. The number of nitrogens with one attached hydrogen (secondary N) is 2. The number of nitrogens with zero attached hydrogens (tertiary/aromatic N) is 4. The lowest BCUT2D eigenvalue weighted by Crippen LogP contribution is -2.36. The molecule has 4 rings (SSSR count). The van der Waals surface area contributed by atoms with Gasteiger partial charge in [0.1, 0.15) is 22.3 Å². The fourth-order valence-electron chi connectivity index (χ4n) is 3.08. The maximum absolute atomic E-state index is 12.6. The zero-order valence-electron chi connectivity index (χ0n) is 16.6. The Hall–Kier alpha value is -2.75. The normalized spacial score (nSPS) is 13.9. The zero-order valence-corrected chi connectivity index (χ0v) is 18.2. The van der Waals surface area contributed by atoms with Crippen LogP contribution in [0.4, 0.5) is 22.5 Å². The summed E-state index contributed by atoms with van der Waals surface area (Å²) in [5.41, 5.74) is 1.50. The summed E-state index contributed by atoms with van der Waals surface area (Å²) in [5, 5.41) is 7.11. The summed E-state index contributed by atoms with van der Waals surface area (Å²) in [7, 11) is 0. The summed E-state index contributed by atoms with van der Waals surface area (Å²) in [6.07, 6.45) is 1.53. The highest BCUT2D eigenvalue weighted by atomic mass is 35.5. The van der Waals surface area contributed by atoms with E-state index in [0.717, 1.165) is 24.5 Å². The molecule has 0 aliphatic carbocycles. The molecular weight excluding hydrogens is 424 g/mol. The second-order valence-electron chi connectivity index (χ2n) is 6.80. The van der Waals surface area contributed by atoms with Crippen LogP contribution in [-0.4, -0.2) is 47.2 Å². The van der Waals surface area contributed by atoms with Gasteiger partial charge >= 0.3 is 0 Å². The van der Waals surface area contributed by atoms with Crippen molar-refractivity contribution in [1.29, 1.82) is 0 Å². The first-order valence-corrected chi connectivity index (χ1v) is 10.7. The van der Waals surface area contributed by atoms with Crippen molar-refractivity contribution in [2.24, 2.45) is 0 Å². The minimum atomic E-state index is -0.260. The van der Waals surface area contributed by atoms with Gasteiger partial charge in [-0.15, -0.1) is 0 Å². The summed E-state index contributed by atoms with van der Waals surface area (Å²) in [6.45, 7) is 6.69. The molecule has 1 aliphatic heterocycles. The molecule has 30 heavy (non-hydrogen) atoms. The van der Waals surface area contributed by atoms with Crippen molar-refractivity contribution >= 4 is 51.3 Å². The van der Waals surface area contributed by atoms with Crippen LogP contribution in [0.25, 0.3) is 0 Å². The zero-order chi connectivity index (χ0) is 21.1. The number of rotatable bonds is 5. The molecule has 1 aromatic carbocycles. The number of anilines is 4. The van der Waals surface area contributed by atoms with Crippen molar-refractivity contribution in [1.82, 2.24) is 15.0 Å². The predicted octanol–water partition coefficient (Wildman–Crippen LogP) is 4.04. The fourth-order valence-corrected chi connectivity index (χ4v) is 4.07.